The Bertz CT molecular complexity index is 480. The summed E-state index contributed by atoms with van der Waals surface area (Å²) in [4.78, 5) is 22.5. The zero-order chi connectivity index (χ0) is 16.2. The first-order valence-corrected chi connectivity index (χ1v) is 7.21. The number of carbonyl (C=O) groups is 2. The van der Waals surface area contributed by atoms with Crippen LogP contribution in [0.15, 0.2) is 24.3 Å². The van der Waals surface area contributed by atoms with E-state index in [2.05, 4.69) is 16.0 Å². The zero-order valence-corrected chi connectivity index (χ0v) is 13.0. The molecule has 0 saturated heterocycles. The molecule has 7 heteroatoms. The van der Waals surface area contributed by atoms with Crippen LogP contribution in [-0.2, 0) is 11.2 Å². The summed E-state index contributed by atoms with van der Waals surface area (Å²) in [6.45, 7) is 3.23. The van der Waals surface area contributed by atoms with Crippen molar-refractivity contribution in [1.82, 2.24) is 16.0 Å². The minimum Gasteiger partial charge on any atom is -0.497 e. The number of methoxy groups -OCH3 is 1. The molecule has 0 aromatic heterocycles. The lowest BCUT2D eigenvalue weighted by Gasteiger charge is -2.09. The second-order valence-corrected chi connectivity index (χ2v) is 4.43. The highest BCUT2D eigenvalue weighted by atomic mass is 16.5. The van der Waals surface area contributed by atoms with Gasteiger partial charge in [-0.05, 0) is 31.0 Å². The van der Waals surface area contributed by atoms with Crippen LogP contribution >= 0.6 is 0 Å². The van der Waals surface area contributed by atoms with Crippen molar-refractivity contribution in [2.24, 2.45) is 0 Å². The van der Waals surface area contributed by atoms with Crippen molar-refractivity contribution < 1.29 is 19.1 Å². The molecule has 0 heterocycles. The maximum atomic E-state index is 11.5. The average molecular weight is 309 g/mol. The van der Waals surface area contributed by atoms with Gasteiger partial charge < -0.3 is 25.4 Å². The molecule has 122 valence electrons. The van der Waals surface area contributed by atoms with Crippen molar-refractivity contribution >= 4 is 12.1 Å². The van der Waals surface area contributed by atoms with Gasteiger partial charge in [0.15, 0.2) is 0 Å². The standard InChI is InChI=1S/C15H23N3O4/c1-3-22-15(20)18-10-9-17-14(19)16-8-7-12-5-4-6-13(11-12)21-2/h4-6,11H,3,7-10H2,1-2H3,(H,18,20)(H2,16,17,19). The van der Waals surface area contributed by atoms with E-state index < -0.39 is 6.09 Å². The fourth-order valence-corrected chi connectivity index (χ4v) is 1.73. The van der Waals surface area contributed by atoms with Crippen LogP contribution in [0.25, 0.3) is 0 Å². The summed E-state index contributed by atoms with van der Waals surface area (Å²) in [6, 6.07) is 7.43. The molecular weight excluding hydrogens is 286 g/mol. The first-order chi connectivity index (χ1) is 10.7. The molecule has 0 aliphatic rings. The van der Waals surface area contributed by atoms with Gasteiger partial charge in [0.2, 0.25) is 0 Å². The highest BCUT2D eigenvalue weighted by molar-refractivity contribution is 5.74. The van der Waals surface area contributed by atoms with Crippen molar-refractivity contribution in [3.8, 4) is 5.75 Å². The molecule has 0 saturated carbocycles. The number of nitrogens with one attached hydrogen (secondary N) is 3. The predicted octanol–water partition coefficient (Wildman–Crippen LogP) is 1.28. The highest BCUT2D eigenvalue weighted by Crippen LogP contribution is 2.12. The Labute approximate surface area is 130 Å². The molecule has 3 N–H and O–H groups in total. The van der Waals surface area contributed by atoms with E-state index >= 15 is 0 Å². The van der Waals surface area contributed by atoms with Crippen LogP contribution in [0, 0.1) is 0 Å². The van der Waals surface area contributed by atoms with Crippen molar-refractivity contribution in [3.63, 3.8) is 0 Å². The van der Waals surface area contributed by atoms with Gasteiger partial charge in [0.05, 0.1) is 13.7 Å². The van der Waals surface area contributed by atoms with E-state index in [1.54, 1.807) is 14.0 Å². The summed E-state index contributed by atoms with van der Waals surface area (Å²) >= 11 is 0. The third-order valence-electron chi connectivity index (χ3n) is 2.79. The normalized spacial score (nSPS) is 9.73. The smallest absolute Gasteiger partial charge is 0.407 e. The Balaban J connectivity index is 2.11. The zero-order valence-electron chi connectivity index (χ0n) is 13.0. The number of hydrogen-bond acceptors (Lipinski definition) is 4. The lowest BCUT2D eigenvalue weighted by atomic mass is 10.1. The van der Waals surface area contributed by atoms with Gasteiger partial charge in [-0.1, -0.05) is 12.1 Å². The second-order valence-electron chi connectivity index (χ2n) is 4.43. The van der Waals surface area contributed by atoms with Gasteiger partial charge in [-0.3, -0.25) is 0 Å². The molecule has 0 aliphatic heterocycles. The molecule has 7 nitrogen and oxygen atoms in total. The van der Waals surface area contributed by atoms with Crippen LogP contribution in [0.5, 0.6) is 5.75 Å². The summed E-state index contributed by atoms with van der Waals surface area (Å²) in [5.41, 5.74) is 1.09. The van der Waals surface area contributed by atoms with Gasteiger partial charge in [0, 0.05) is 19.6 Å². The minimum absolute atomic E-state index is 0.270. The van der Waals surface area contributed by atoms with Crippen LogP contribution in [-0.4, -0.2) is 45.5 Å². The molecule has 0 aliphatic carbocycles. The number of carbonyl (C=O) groups excluding carboxylic acids is 2. The highest BCUT2D eigenvalue weighted by Gasteiger charge is 2.02. The molecule has 0 atom stereocenters. The predicted molar refractivity (Wildman–Crippen MR) is 83.1 cm³/mol. The molecule has 3 amide bonds. The Morgan fingerprint density at radius 2 is 1.82 bits per heavy atom. The molecule has 0 unspecified atom stereocenters. The molecular formula is C15H23N3O4. The average Bonchev–Trinajstić information content (AvgIpc) is 2.52. The Kier molecular flexibility index (Phi) is 8.25. The number of alkyl carbamates (subject to hydrolysis) is 1. The van der Waals surface area contributed by atoms with E-state index in [1.165, 1.54) is 0 Å². The molecule has 0 fully saturated rings. The molecule has 1 aromatic rings. The molecule has 0 radical (unpaired) electrons. The summed E-state index contributed by atoms with van der Waals surface area (Å²) in [5.74, 6) is 0.798. The van der Waals surface area contributed by atoms with Gasteiger partial charge in [0.25, 0.3) is 0 Å². The van der Waals surface area contributed by atoms with Gasteiger partial charge in [-0.15, -0.1) is 0 Å². The quantitative estimate of drug-likeness (QED) is 0.631. The molecule has 0 bridgehead atoms. The molecule has 22 heavy (non-hydrogen) atoms. The van der Waals surface area contributed by atoms with E-state index in [0.29, 0.717) is 32.7 Å². The Morgan fingerprint density at radius 1 is 1.09 bits per heavy atom. The maximum Gasteiger partial charge on any atom is 0.407 e. The van der Waals surface area contributed by atoms with Crippen molar-refractivity contribution in [2.75, 3.05) is 33.4 Å². The Morgan fingerprint density at radius 3 is 2.55 bits per heavy atom. The maximum absolute atomic E-state index is 11.5. The van der Waals surface area contributed by atoms with Crippen LogP contribution in [0.1, 0.15) is 12.5 Å². The van der Waals surface area contributed by atoms with E-state index in [9.17, 15) is 9.59 Å². The third-order valence-corrected chi connectivity index (χ3v) is 2.79. The largest absolute Gasteiger partial charge is 0.497 e. The van der Waals surface area contributed by atoms with Crippen LogP contribution in [0.2, 0.25) is 0 Å². The number of ether oxygens (including phenoxy) is 2. The molecule has 0 spiro atoms. The summed E-state index contributed by atoms with van der Waals surface area (Å²) in [6.07, 6.45) is 0.230. The van der Waals surface area contributed by atoms with E-state index in [4.69, 9.17) is 9.47 Å². The van der Waals surface area contributed by atoms with Crippen LogP contribution in [0.3, 0.4) is 0 Å². The first kappa shape index (κ1) is 17.6. The lowest BCUT2D eigenvalue weighted by Crippen LogP contribution is -2.41. The summed E-state index contributed by atoms with van der Waals surface area (Å²) < 4.78 is 9.83. The third kappa shape index (κ3) is 7.37. The number of amides is 3. The van der Waals surface area contributed by atoms with E-state index in [-0.39, 0.29) is 6.03 Å². The van der Waals surface area contributed by atoms with Gasteiger partial charge in [-0.25, -0.2) is 9.59 Å². The number of urea groups is 1. The van der Waals surface area contributed by atoms with Crippen molar-refractivity contribution in [2.45, 2.75) is 13.3 Å². The SMILES string of the molecule is CCOC(=O)NCCNC(=O)NCCc1cccc(OC)c1. The topological polar surface area (TPSA) is 88.7 Å². The van der Waals surface area contributed by atoms with Crippen LogP contribution < -0.4 is 20.7 Å². The first-order valence-electron chi connectivity index (χ1n) is 7.21. The second kappa shape index (κ2) is 10.3. The van der Waals surface area contributed by atoms with E-state index in [1.807, 2.05) is 24.3 Å². The minimum atomic E-state index is -0.484. The fraction of sp³-hybridized carbons (Fsp3) is 0.467. The van der Waals surface area contributed by atoms with E-state index in [0.717, 1.165) is 11.3 Å². The lowest BCUT2D eigenvalue weighted by molar-refractivity contribution is 0.152. The van der Waals surface area contributed by atoms with Crippen molar-refractivity contribution in [3.05, 3.63) is 29.8 Å². The monoisotopic (exact) mass is 309 g/mol. The van der Waals surface area contributed by atoms with Gasteiger partial charge in [0.1, 0.15) is 5.75 Å². The number of rotatable bonds is 8. The number of benzene rings is 1. The van der Waals surface area contributed by atoms with Gasteiger partial charge >= 0.3 is 12.1 Å². The van der Waals surface area contributed by atoms with Gasteiger partial charge in [-0.2, -0.15) is 0 Å². The Hall–Kier alpha value is -2.44. The van der Waals surface area contributed by atoms with Crippen molar-refractivity contribution in [1.29, 1.82) is 0 Å². The molecule has 1 aromatic carbocycles. The fourth-order valence-electron chi connectivity index (χ4n) is 1.73. The van der Waals surface area contributed by atoms with Crippen LogP contribution in [0.4, 0.5) is 9.59 Å². The summed E-state index contributed by atoms with van der Waals surface area (Å²) in [7, 11) is 1.62. The number of hydrogen-bond donors (Lipinski definition) is 3. The summed E-state index contributed by atoms with van der Waals surface area (Å²) in [5, 5.41) is 7.91. The molecule has 1 rings (SSSR count).